The van der Waals surface area contributed by atoms with E-state index in [1.807, 2.05) is 12.1 Å². The Morgan fingerprint density at radius 1 is 0.558 bits per heavy atom. The van der Waals surface area contributed by atoms with E-state index in [2.05, 4.69) is 126 Å². The molecule has 2 nitrogen and oxygen atoms in total. The molecule has 7 aromatic rings. The molecule has 1 aliphatic carbocycles. The Bertz CT molecular complexity index is 2090. The molecular formula is C41H33NO. The molecule has 0 aromatic heterocycles. The lowest BCUT2D eigenvalue weighted by atomic mass is 9.91. The molecule has 2 heteroatoms. The number of fused-ring (bicyclic) bond motifs is 1. The van der Waals surface area contributed by atoms with Crippen molar-refractivity contribution in [2.24, 2.45) is 0 Å². The summed E-state index contributed by atoms with van der Waals surface area (Å²) in [5.41, 5.74) is 8.85. The van der Waals surface area contributed by atoms with Gasteiger partial charge in [-0.25, -0.2) is 0 Å². The van der Waals surface area contributed by atoms with Crippen molar-refractivity contribution >= 4 is 61.5 Å². The standard InChI is InChI=1S/C41H33NO/c1-43-38-24-22-36(23-25-38)42(37-21-17-29-5-2-3-6-34(29)27-37)35-19-10-28(11-20-35)9-12-30-13-14-33-16-15-31-7-4-8-32-18-26-39(30)41(33)40(31)32/h4,7-27H,2-3,5-6H2,1H3. The van der Waals surface area contributed by atoms with E-state index >= 15 is 0 Å². The smallest absolute Gasteiger partial charge is 0.119 e. The van der Waals surface area contributed by atoms with Crippen LogP contribution in [0.15, 0.2) is 121 Å². The molecule has 0 spiro atoms. The van der Waals surface area contributed by atoms with Gasteiger partial charge in [-0.3, -0.25) is 0 Å². The molecular weight excluding hydrogens is 522 g/mol. The minimum atomic E-state index is 0.862. The fraction of sp³-hybridized carbons (Fsp3) is 0.122. The molecule has 0 bridgehead atoms. The van der Waals surface area contributed by atoms with E-state index in [4.69, 9.17) is 4.74 Å². The molecule has 0 saturated heterocycles. The average molecular weight is 556 g/mol. The number of anilines is 3. The predicted octanol–water partition coefficient (Wildman–Crippen LogP) is 11.1. The summed E-state index contributed by atoms with van der Waals surface area (Å²) in [5.74, 6) is 0.862. The number of aryl methyl sites for hydroxylation is 2. The van der Waals surface area contributed by atoms with Crippen molar-refractivity contribution in [3.05, 3.63) is 144 Å². The van der Waals surface area contributed by atoms with Crippen molar-refractivity contribution in [1.29, 1.82) is 0 Å². The first kappa shape index (κ1) is 25.6. The summed E-state index contributed by atoms with van der Waals surface area (Å²) in [6, 6.07) is 44.3. The Kier molecular flexibility index (Phi) is 6.34. The van der Waals surface area contributed by atoms with E-state index in [9.17, 15) is 0 Å². The molecule has 208 valence electrons. The quantitative estimate of drug-likeness (QED) is 0.149. The molecule has 0 radical (unpaired) electrons. The zero-order chi connectivity index (χ0) is 28.8. The SMILES string of the molecule is COc1ccc(N(c2ccc(C=Cc3ccc4ccc5cccc6ccc3c4c56)cc2)c2ccc3c(c2)CCCC3)cc1. The van der Waals surface area contributed by atoms with Gasteiger partial charge in [0.25, 0.3) is 0 Å². The summed E-state index contributed by atoms with van der Waals surface area (Å²) in [4.78, 5) is 2.35. The van der Waals surface area contributed by atoms with Crippen molar-refractivity contribution in [3.63, 3.8) is 0 Å². The van der Waals surface area contributed by atoms with Gasteiger partial charge in [0.2, 0.25) is 0 Å². The summed E-state index contributed by atoms with van der Waals surface area (Å²) < 4.78 is 5.45. The van der Waals surface area contributed by atoms with Gasteiger partial charge in [-0.15, -0.1) is 0 Å². The zero-order valence-corrected chi connectivity index (χ0v) is 24.4. The lowest BCUT2D eigenvalue weighted by Crippen LogP contribution is -2.12. The van der Waals surface area contributed by atoms with Crippen LogP contribution in [0.3, 0.4) is 0 Å². The number of ether oxygens (including phenoxy) is 1. The molecule has 0 heterocycles. The van der Waals surface area contributed by atoms with E-state index in [0.717, 1.165) is 23.5 Å². The Morgan fingerprint density at radius 2 is 1.19 bits per heavy atom. The first-order chi connectivity index (χ1) is 21.2. The normalized spacial score (nSPS) is 13.2. The van der Waals surface area contributed by atoms with Crippen LogP contribution >= 0.6 is 0 Å². The topological polar surface area (TPSA) is 12.5 Å². The van der Waals surface area contributed by atoms with Crippen LogP contribution in [0, 0.1) is 0 Å². The molecule has 43 heavy (non-hydrogen) atoms. The van der Waals surface area contributed by atoms with Crippen molar-refractivity contribution in [3.8, 4) is 5.75 Å². The van der Waals surface area contributed by atoms with Gasteiger partial charge >= 0.3 is 0 Å². The maximum Gasteiger partial charge on any atom is 0.119 e. The molecule has 0 amide bonds. The third-order valence-corrected chi connectivity index (χ3v) is 9.09. The Labute approximate surface area is 252 Å². The van der Waals surface area contributed by atoms with Gasteiger partial charge in [-0.2, -0.15) is 0 Å². The van der Waals surface area contributed by atoms with Gasteiger partial charge in [0.05, 0.1) is 7.11 Å². The average Bonchev–Trinajstić information content (AvgIpc) is 3.07. The minimum Gasteiger partial charge on any atom is -0.497 e. The number of benzene rings is 7. The largest absolute Gasteiger partial charge is 0.497 e. The summed E-state index contributed by atoms with van der Waals surface area (Å²) in [6.07, 6.45) is 9.39. The Balaban J connectivity index is 1.15. The van der Waals surface area contributed by atoms with Crippen LogP contribution in [0.2, 0.25) is 0 Å². The number of hydrogen-bond donors (Lipinski definition) is 0. The number of hydrogen-bond acceptors (Lipinski definition) is 2. The summed E-state index contributed by atoms with van der Waals surface area (Å²) in [7, 11) is 1.71. The predicted molar refractivity (Wildman–Crippen MR) is 183 cm³/mol. The van der Waals surface area contributed by atoms with E-state index < -0.39 is 0 Å². The fourth-order valence-corrected chi connectivity index (χ4v) is 6.86. The van der Waals surface area contributed by atoms with Gasteiger partial charge in [-0.1, -0.05) is 84.9 Å². The maximum absolute atomic E-state index is 5.45. The van der Waals surface area contributed by atoms with Crippen LogP contribution in [0.1, 0.15) is 35.1 Å². The highest BCUT2D eigenvalue weighted by Crippen LogP contribution is 2.39. The van der Waals surface area contributed by atoms with Crippen LogP contribution in [-0.2, 0) is 12.8 Å². The molecule has 8 rings (SSSR count). The highest BCUT2D eigenvalue weighted by molar-refractivity contribution is 6.24. The van der Waals surface area contributed by atoms with Crippen molar-refractivity contribution in [1.82, 2.24) is 0 Å². The lowest BCUT2D eigenvalue weighted by molar-refractivity contribution is 0.415. The fourth-order valence-electron chi connectivity index (χ4n) is 6.86. The van der Waals surface area contributed by atoms with Gasteiger partial charge in [0, 0.05) is 17.1 Å². The molecule has 0 fully saturated rings. The second-order valence-electron chi connectivity index (χ2n) is 11.6. The molecule has 1 aliphatic rings. The van der Waals surface area contributed by atoms with Crippen LogP contribution in [0.4, 0.5) is 17.1 Å². The van der Waals surface area contributed by atoms with Crippen LogP contribution in [0.5, 0.6) is 5.75 Å². The molecule has 0 N–H and O–H groups in total. The number of rotatable bonds is 6. The summed E-state index contributed by atoms with van der Waals surface area (Å²) in [6.45, 7) is 0. The molecule has 0 saturated carbocycles. The summed E-state index contributed by atoms with van der Waals surface area (Å²) >= 11 is 0. The van der Waals surface area contributed by atoms with Crippen molar-refractivity contribution in [2.75, 3.05) is 12.0 Å². The highest BCUT2D eigenvalue weighted by Gasteiger charge is 2.16. The Morgan fingerprint density at radius 3 is 1.93 bits per heavy atom. The second-order valence-corrected chi connectivity index (χ2v) is 11.6. The monoisotopic (exact) mass is 555 g/mol. The van der Waals surface area contributed by atoms with E-state index in [1.165, 1.54) is 79.5 Å². The molecule has 0 atom stereocenters. The lowest BCUT2D eigenvalue weighted by Gasteiger charge is -2.27. The van der Waals surface area contributed by atoms with Crippen LogP contribution in [-0.4, -0.2) is 7.11 Å². The van der Waals surface area contributed by atoms with Crippen molar-refractivity contribution < 1.29 is 4.74 Å². The van der Waals surface area contributed by atoms with Gasteiger partial charge in [0.15, 0.2) is 0 Å². The highest BCUT2D eigenvalue weighted by atomic mass is 16.5. The Hall–Kier alpha value is -5.08. The van der Waals surface area contributed by atoms with Gasteiger partial charge < -0.3 is 9.64 Å². The molecule has 0 unspecified atom stereocenters. The number of methoxy groups -OCH3 is 1. The molecule has 7 aromatic carbocycles. The molecule has 0 aliphatic heterocycles. The maximum atomic E-state index is 5.45. The van der Waals surface area contributed by atoms with E-state index in [0.29, 0.717) is 0 Å². The van der Waals surface area contributed by atoms with Crippen LogP contribution in [0.25, 0.3) is 44.5 Å². The third-order valence-electron chi connectivity index (χ3n) is 9.09. The first-order valence-electron chi connectivity index (χ1n) is 15.3. The number of nitrogens with zero attached hydrogens (tertiary/aromatic N) is 1. The van der Waals surface area contributed by atoms with Crippen molar-refractivity contribution in [2.45, 2.75) is 25.7 Å². The first-order valence-corrected chi connectivity index (χ1v) is 15.3. The second kappa shape index (κ2) is 10.6. The van der Waals surface area contributed by atoms with E-state index in [1.54, 1.807) is 7.11 Å². The van der Waals surface area contributed by atoms with E-state index in [-0.39, 0.29) is 0 Å². The summed E-state index contributed by atoms with van der Waals surface area (Å²) in [5, 5.41) is 7.90. The van der Waals surface area contributed by atoms with Gasteiger partial charge in [-0.05, 0) is 129 Å². The minimum absolute atomic E-state index is 0.862. The zero-order valence-electron chi connectivity index (χ0n) is 24.4. The van der Waals surface area contributed by atoms with Crippen LogP contribution < -0.4 is 9.64 Å². The third kappa shape index (κ3) is 4.60. The van der Waals surface area contributed by atoms with Gasteiger partial charge in [0.1, 0.15) is 5.75 Å².